The van der Waals surface area contributed by atoms with Gasteiger partial charge >= 0.3 is 10.1 Å². The summed E-state index contributed by atoms with van der Waals surface area (Å²) in [5.41, 5.74) is 1.03. The van der Waals surface area contributed by atoms with Crippen molar-refractivity contribution in [1.29, 1.82) is 5.41 Å². The number of ether oxygens (including phenoxy) is 2. The molecular formula is C25H31FN2O6S. The second-order valence-corrected chi connectivity index (χ2v) is 10.9. The van der Waals surface area contributed by atoms with E-state index in [2.05, 4.69) is 0 Å². The molecule has 0 amide bonds. The van der Waals surface area contributed by atoms with E-state index >= 15 is 4.39 Å². The number of carbonyl (C=O) groups is 1. The molecule has 10 heteroatoms. The SMILES string of the molecule is CCOc1cc2c(c(F)c1OCC)C(=N)N(CC(=O)c1ccc(OS(C)(=O)=O)c(C(C)(C)C)c1)C2. The van der Waals surface area contributed by atoms with Crippen molar-refractivity contribution in [1.82, 2.24) is 4.90 Å². The Kier molecular flexibility index (Phi) is 7.45. The molecule has 0 fully saturated rings. The van der Waals surface area contributed by atoms with Crippen LogP contribution in [0, 0.1) is 11.2 Å². The second-order valence-electron chi connectivity index (χ2n) is 9.29. The van der Waals surface area contributed by atoms with Crippen molar-refractivity contribution in [2.24, 2.45) is 0 Å². The van der Waals surface area contributed by atoms with Gasteiger partial charge in [0, 0.05) is 17.7 Å². The Balaban J connectivity index is 1.90. The smallest absolute Gasteiger partial charge is 0.306 e. The number of hydrogen-bond donors (Lipinski definition) is 1. The number of nitrogens with one attached hydrogen (secondary N) is 1. The number of hydrogen-bond acceptors (Lipinski definition) is 7. The number of ketones is 1. The van der Waals surface area contributed by atoms with Crippen molar-refractivity contribution < 1.29 is 31.3 Å². The van der Waals surface area contributed by atoms with E-state index in [0.717, 1.165) is 6.26 Å². The zero-order valence-electron chi connectivity index (χ0n) is 20.8. The highest BCUT2D eigenvalue weighted by Gasteiger charge is 2.33. The van der Waals surface area contributed by atoms with E-state index in [1.165, 1.54) is 17.0 Å². The first kappa shape index (κ1) is 26.5. The lowest BCUT2D eigenvalue weighted by atomic mass is 9.85. The van der Waals surface area contributed by atoms with Crippen LogP contribution in [0.3, 0.4) is 0 Å². The molecule has 1 aliphatic heterocycles. The first-order valence-electron chi connectivity index (χ1n) is 11.3. The van der Waals surface area contributed by atoms with Crippen LogP contribution in [0.4, 0.5) is 4.39 Å². The van der Waals surface area contributed by atoms with Gasteiger partial charge in [0.05, 0.1) is 31.6 Å². The Morgan fingerprint density at radius 1 is 1.11 bits per heavy atom. The molecule has 0 spiro atoms. The maximum Gasteiger partial charge on any atom is 0.306 e. The molecule has 1 aliphatic rings. The summed E-state index contributed by atoms with van der Waals surface area (Å²) in [5.74, 6) is -0.695. The molecule has 35 heavy (non-hydrogen) atoms. The molecular weight excluding hydrogens is 475 g/mol. The Morgan fingerprint density at radius 2 is 1.77 bits per heavy atom. The summed E-state index contributed by atoms with van der Waals surface area (Å²) in [6.45, 7) is 9.74. The van der Waals surface area contributed by atoms with E-state index in [-0.39, 0.29) is 54.1 Å². The van der Waals surface area contributed by atoms with Gasteiger partial charge in [-0.05, 0) is 49.1 Å². The standard InChI is InChI=1S/C25H31FN2O6S/c1-7-32-20-12-16-13-28(24(27)21(16)22(26)23(20)33-8-2)14-18(29)15-9-10-19(34-35(6,30)31)17(11-15)25(3,4)5/h9-12,27H,7-8,13-14H2,1-6H3. The minimum absolute atomic E-state index is 0.0395. The lowest BCUT2D eigenvalue weighted by Crippen LogP contribution is -2.30. The lowest BCUT2D eigenvalue weighted by molar-refractivity contribution is 0.0962. The quantitative estimate of drug-likeness (QED) is 0.400. The van der Waals surface area contributed by atoms with Gasteiger partial charge in [-0.15, -0.1) is 0 Å². The number of halogens is 1. The summed E-state index contributed by atoms with van der Waals surface area (Å²) in [5, 5.41) is 8.51. The summed E-state index contributed by atoms with van der Waals surface area (Å²) >= 11 is 0. The molecule has 1 heterocycles. The van der Waals surface area contributed by atoms with E-state index in [4.69, 9.17) is 19.1 Å². The van der Waals surface area contributed by atoms with Crippen molar-refractivity contribution in [3.8, 4) is 17.2 Å². The Labute approximate surface area is 205 Å². The molecule has 8 nitrogen and oxygen atoms in total. The van der Waals surface area contributed by atoms with Crippen molar-refractivity contribution in [2.45, 2.75) is 46.6 Å². The first-order valence-corrected chi connectivity index (χ1v) is 13.1. The molecule has 0 radical (unpaired) electrons. The van der Waals surface area contributed by atoms with E-state index in [9.17, 15) is 13.2 Å². The highest BCUT2D eigenvalue weighted by atomic mass is 32.2. The Hall–Kier alpha value is -3.14. The van der Waals surface area contributed by atoms with Crippen molar-refractivity contribution in [3.63, 3.8) is 0 Å². The van der Waals surface area contributed by atoms with E-state index in [1.807, 2.05) is 20.8 Å². The summed E-state index contributed by atoms with van der Waals surface area (Å²) in [6.07, 6.45) is 0.961. The molecule has 190 valence electrons. The lowest BCUT2D eigenvalue weighted by Gasteiger charge is -2.23. The number of amidine groups is 1. The normalized spacial score (nSPS) is 13.6. The van der Waals surface area contributed by atoms with Gasteiger partial charge in [-0.1, -0.05) is 20.8 Å². The van der Waals surface area contributed by atoms with Crippen LogP contribution in [0.15, 0.2) is 24.3 Å². The monoisotopic (exact) mass is 506 g/mol. The fourth-order valence-corrected chi connectivity index (χ4v) is 4.42. The molecule has 3 rings (SSSR count). The van der Waals surface area contributed by atoms with Crippen molar-refractivity contribution in [2.75, 3.05) is 26.0 Å². The average molecular weight is 507 g/mol. The van der Waals surface area contributed by atoms with E-state index < -0.39 is 21.4 Å². The van der Waals surface area contributed by atoms with Gasteiger partial charge < -0.3 is 18.6 Å². The molecule has 0 aliphatic carbocycles. The third-order valence-corrected chi connectivity index (χ3v) is 5.94. The van der Waals surface area contributed by atoms with Crippen LogP contribution in [-0.4, -0.2) is 51.0 Å². The molecule has 0 saturated carbocycles. The number of carbonyl (C=O) groups excluding carboxylic acids is 1. The summed E-state index contributed by atoms with van der Waals surface area (Å²) in [4.78, 5) is 14.6. The topological polar surface area (TPSA) is 106 Å². The van der Waals surface area contributed by atoms with Gasteiger partial charge in [0.15, 0.2) is 23.1 Å². The van der Waals surface area contributed by atoms with Crippen molar-refractivity contribution in [3.05, 3.63) is 52.3 Å². The molecule has 2 aromatic rings. The highest BCUT2D eigenvalue weighted by molar-refractivity contribution is 7.86. The Morgan fingerprint density at radius 3 is 2.34 bits per heavy atom. The number of Topliss-reactive ketones (excluding diaryl/α,β-unsaturated/α-hetero) is 1. The van der Waals surface area contributed by atoms with Crippen LogP contribution in [0.2, 0.25) is 0 Å². The third kappa shape index (κ3) is 5.75. The van der Waals surface area contributed by atoms with Gasteiger partial charge in [0.25, 0.3) is 0 Å². The van der Waals surface area contributed by atoms with E-state index in [0.29, 0.717) is 23.3 Å². The molecule has 0 saturated heterocycles. The predicted octanol–water partition coefficient (Wildman–Crippen LogP) is 4.28. The third-order valence-electron chi connectivity index (χ3n) is 5.46. The number of fused-ring (bicyclic) bond motifs is 1. The number of benzene rings is 2. The molecule has 0 aromatic heterocycles. The van der Waals surface area contributed by atoms with Crippen LogP contribution in [0.25, 0.3) is 0 Å². The van der Waals surface area contributed by atoms with Gasteiger partial charge in [0.1, 0.15) is 11.6 Å². The molecule has 1 N–H and O–H groups in total. The van der Waals surface area contributed by atoms with Gasteiger partial charge in [-0.25, -0.2) is 4.39 Å². The maximum absolute atomic E-state index is 15.3. The van der Waals surface area contributed by atoms with Gasteiger partial charge in [-0.3, -0.25) is 10.2 Å². The minimum atomic E-state index is -3.75. The first-order chi connectivity index (χ1) is 16.3. The second kappa shape index (κ2) is 9.85. The highest BCUT2D eigenvalue weighted by Crippen LogP contribution is 2.39. The Bertz CT molecular complexity index is 1270. The number of nitrogens with zero attached hydrogens (tertiary/aromatic N) is 1. The molecule has 0 unspecified atom stereocenters. The van der Waals surface area contributed by atoms with Crippen molar-refractivity contribution >= 4 is 21.7 Å². The zero-order chi connectivity index (χ0) is 26.1. The largest absolute Gasteiger partial charge is 0.490 e. The maximum atomic E-state index is 15.3. The summed E-state index contributed by atoms with van der Waals surface area (Å²) in [7, 11) is -3.75. The van der Waals surface area contributed by atoms with Crippen LogP contribution in [0.1, 0.15) is 61.7 Å². The van der Waals surface area contributed by atoms with Crippen LogP contribution >= 0.6 is 0 Å². The van der Waals surface area contributed by atoms with E-state index in [1.54, 1.807) is 26.0 Å². The summed E-state index contributed by atoms with van der Waals surface area (Å²) < 4.78 is 54.7. The fraction of sp³-hybridized carbons (Fsp3) is 0.440. The average Bonchev–Trinajstić information content (AvgIpc) is 3.04. The van der Waals surface area contributed by atoms with Crippen LogP contribution in [-0.2, 0) is 22.1 Å². The molecule has 2 aromatic carbocycles. The fourth-order valence-electron chi connectivity index (χ4n) is 3.95. The zero-order valence-corrected chi connectivity index (χ0v) is 21.6. The van der Waals surface area contributed by atoms with Crippen LogP contribution < -0.4 is 13.7 Å². The summed E-state index contributed by atoms with van der Waals surface area (Å²) in [6, 6.07) is 6.21. The minimum Gasteiger partial charge on any atom is -0.490 e. The molecule has 0 bridgehead atoms. The van der Waals surface area contributed by atoms with Gasteiger partial charge in [-0.2, -0.15) is 8.42 Å². The van der Waals surface area contributed by atoms with Crippen LogP contribution in [0.5, 0.6) is 17.2 Å². The molecule has 0 atom stereocenters. The van der Waals surface area contributed by atoms with Gasteiger partial charge in [0.2, 0.25) is 0 Å². The number of rotatable bonds is 9. The predicted molar refractivity (Wildman–Crippen MR) is 131 cm³/mol.